The van der Waals surface area contributed by atoms with Crippen LogP contribution in [-0.2, 0) is 14.3 Å². The van der Waals surface area contributed by atoms with E-state index in [1.807, 2.05) is 101 Å². The monoisotopic (exact) mass is 442 g/mol. The van der Waals surface area contributed by atoms with Crippen LogP contribution in [0.25, 0.3) is 0 Å². The van der Waals surface area contributed by atoms with Crippen molar-refractivity contribution in [1.29, 1.82) is 0 Å². The number of aldehydes is 2. The molecule has 3 nitrogen and oxygen atoms in total. The highest BCUT2D eigenvalue weighted by atomic mass is 16.5. The van der Waals surface area contributed by atoms with Crippen molar-refractivity contribution in [2.45, 2.75) is 41.5 Å². The van der Waals surface area contributed by atoms with Crippen LogP contribution in [0.4, 0.5) is 0 Å². The molecule has 0 atom stereocenters. The summed E-state index contributed by atoms with van der Waals surface area (Å²) in [6.45, 7) is 11.6. The fourth-order valence-corrected chi connectivity index (χ4v) is 2.53. The van der Waals surface area contributed by atoms with Crippen LogP contribution < -0.4 is 0 Å². The standard InChI is InChI=1S/C30H34O3/c1-23(12-9-14-25(3)21-31)11-7-8-16-28(6)30-20-27(5)19-29(33-30)18-17-24(2)13-10-15-26(4)22-32/h7-22H,1-6H3/b8-7+,12-9+,13-10+,23-11+,24-17+,25-14+,26-15+,28-16+,29-18+. The minimum Gasteiger partial charge on any atom is -0.457 e. The van der Waals surface area contributed by atoms with Crippen molar-refractivity contribution in [3.63, 3.8) is 0 Å². The molecular weight excluding hydrogens is 408 g/mol. The summed E-state index contributed by atoms with van der Waals surface area (Å²) in [6.07, 6.45) is 28.7. The minimum atomic E-state index is 0.682. The van der Waals surface area contributed by atoms with Crippen molar-refractivity contribution in [3.05, 3.63) is 130 Å². The number of hydrogen-bond acceptors (Lipinski definition) is 3. The van der Waals surface area contributed by atoms with E-state index in [9.17, 15) is 9.59 Å². The smallest absolute Gasteiger partial charge is 0.145 e. The van der Waals surface area contributed by atoms with Crippen molar-refractivity contribution in [2.24, 2.45) is 0 Å². The molecule has 0 radical (unpaired) electrons. The summed E-state index contributed by atoms with van der Waals surface area (Å²) in [4.78, 5) is 21.2. The zero-order valence-corrected chi connectivity index (χ0v) is 20.5. The molecule has 0 bridgehead atoms. The maximum absolute atomic E-state index is 10.6. The summed E-state index contributed by atoms with van der Waals surface area (Å²) in [5.41, 5.74) is 5.64. The van der Waals surface area contributed by atoms with Crippen LogP contribution in [0.15, 0.2) is 130 Å². The molecule has 1 aliphatic rings. The molecular formula is C30H34O3. The van der Waals surface area contributed by atoms with E-state index in [0.717, 1.165) is 46.4 Å². The van der Waals surface area contributed by atoms with E-state index in [1.54, 1.807) is 26.0 Å². The van der Waals surface area contributed by atoms with Gasteiger partial charge in [-0.15, -0.1) is 0 Å². The Bertz CT molecular complexity index is 1060. The molecule has 1 heterocycles. The summed E-state index contributed by atoms with van der Waals surface area (Å²) in [6, 6.07) is 0. The van der Waals surface area contributed by atoms with Gasteiger partial charge in [-0.2, -0.15) is 0 Å². The molecule has 0 aliphatic carbocycles. The Morgan fingerprint density at radius 2 is 1.18 bits per heavy atom. The van der Waals surface area contributed by atoms with E-state index in [0.29, 0.717) is 11.1 Å². The largest absolute Gasteiger partial charge is 0.457 e. The van der Waals surface area contributed by atoms with Crippen LogP contribution in [0, 0.1) is 0 Å². The first-order chi connectivity index (χ1) is 15.7. The second kappa shape index (κ2) is 15.1. The molecule has 0 fully saturated rings. The Morgan fingerprint density at radius 1 is 0.667 bits per heavy atom. The number of ether oxygens (including phenoxy) is 1. The molecule has 0 saturated heterocycles. The lowest BCUT2D eigenvalue weighted by Crippen LogP contribution is -1.99. The van der Waals surface area contributed by atoms with Gasteiger partial charge in [0.15, 0.2) is 0 Å². The van der Waals surface area contributed by atoms with Crippen molar-refractivity contribution in [3.8, 4) is 0 Å². The minimum absolute atomic E-state index is 0.682. The molecule has 0 amide bonds. The fourth-order valence-electron chi connectivity index (χ4n) is 2.53. The molecule has 0 aromatic carbocycles. The van der Waals surface area contributed by atoms with Gasteiger partial charge >= 0.3 is 0 Å². The third kappa shape index (κ3) is 12.0. The number of allylic oxidation sites excluding steroid dienone is 20. The first-order valence-corrected chi connectivity index (χ1v) is 10.8. The van der Waals surface area contributed by atoms with Gasteiger partial charge in [0.1, 0.15) is 24.1 Å². The Balaban J connectivity index is 2.83. The molecule has 0 saturated carbocycles. The summed E-state index contributed by atoms with van der Waals surface area (Å²) in [7, 11) is 0. The lowest BCUT2D eigenvalue weighted by atomic mass is 10.1. The van der Waals surface area contributed by atoms with E-state index >= 15 is 0 Å². The van der Waals surface area contributed by atoms with E-state index in [2.05, 4.69) is 0 Å². The van der Waals surface area contributed by atoms with Crippen molar-refractivity contribution in [2.75, 3.05) is 0 Å². The van der Waals surface area contributed by atoms with E-state index in [1.165, 1.54) is 0 Å². The summed E-state index contributed by atoms with van der Waals surface area (Å²) in [5.74, 6) is 1.58. The normalized spacial score (nSPS) is 18.2. The van der Waals surface area contributed by atoms with Gasteiger partial charge in [-0.1, -0.05) is 78.0 Å². The SMILES string of the molecule is CC1=C\C(=C/C=C(C)/C=C/C=C(\C)C=O)OC(/C(C)=C/C=C/C=C(C)/C=C/C=C(\C)C=O)=C1. The van der Waals surface area contributed by atoms with Crippen molar-refractivity contribution < 1.29 is 14.3 Å². The van der Waals surface area contributed by atoms with Crippen LogP contribution in [0.5, 0.6) is 0 Å². The summed E-state index contributed by atoms with van der Waals surface area (Å²) >= 11 is 0. The summed E-state index contributed by atoms with van der Waals surface area (Å²) in [5, 5.41) is 0. The second-order valence-electron chi connectivity index (χ2n) is 7.90. The first kappa shape index (κ1) is 27.3. The number of carbonyl (C=O) groups excluding carboxylic acids is 2. The Hall–Kier alpha value is -3.72. The Kier molecular flexibility index (Phi) is 12.5. The van der Waals surface area contributed by atoms with Crippen LogP contribution in [0.2, 0.25) is 0 Å². The van der Waals surface area contributed by atoms with Gasteiger partial charge in [-0.05, 0) is 82.1 Å². The van der Waals surface area contributed by atoms with Crippen molar-refractivity contribution >= 4 is 12.6 Å². The highest BCUT2D eigenvalue weighted by molar-refractivity contribution is 5.73. The van der Waals surface area contributed by atoms with E-state index < -0.39 is 0 Å². The third-order valence-corrected chi connectivity index (χ3v) is 4.48. The zero-order valence-electron chi connectivity index (χ0n) is 20.5. The van der Waals surface area contributed by atoms with Crippen LogP contribution in [0.1, 0.15) is 41.5 Å². The maximum atomic E-state index is 10.6. The molecule has 0 aromatic heterocycles. The molecule has 0 aromatic rings. The molecule has 33 heavy (non-hydrogen) atoms. The number of carbonyl (C=O) groups is 2. The van der Waals surface area contributed by atoms with Gasteiger partial charge in [0, 0.05) is 0 Å². The van der Waals surface area contributed by atoms with Gasteiger partial charge in [0.05, 0.1) is 0 Å². The van der Waals surface area contributed by atoms with Gasteiger partial charge in [0.25, 0.3) is 0 Å². The van der Waals surface area contributed by atoms with Gasteiger partial charge < -0.3 is 4.74 Å². The molecule has 0 unspecified atom stereocenters. The van der Waals surface area contributed by atoms with E-state index in [-0.39, 0.29) is 0 Å². The fraction of sp³-hybridized carbons (Fsp3) is 0.200. The molecule has 1 aliphatic heterocycles. The second-order valence-corrected chi connectivity index (χ2v) is 7.90. The first-order valence-electron chi connectivity index (χ1n) is 10.8. The Morgan fingerprint density at radius 3 is 1.76 bits per heavy atom. The maximum Gasteiger partial charge on any atom is 0.145 e. The van der Waals surface area contributed by atoms with Gasteiger partial charge in [-0.3, -0.25) is 9.59 Å². The molecule has 3 heteroatoms. The average molecular weight is 443 g/mol. The van der Waals surface area contributed by atoms with E-state index in [4.69, 9.17) is 4.74 Å². The number of hydrogen-bond donors (Lipinski definition) is 0. The summed E-state index contributed by atoms with van der Waals surface area (Å²) < 4.78 is 6.05. The predicted octanol–water partition coefficient (Wildman–Crippen LogP) is 7.53. The Labute approximate surface area is 198 Å². The van der Waals surface area contributed by atoms with Crippen LogP contribution in [0.3, 0.4) is 0 Å². The van der Waals surface area contributed by atoms with Gasteiger partial charge in [-0.25, -0.2) is 0 Å². The molecule has 0 N–H and O–H groups in total. The molecule has 172 valence electrons. The average Bonchev–Trinajstić information content (AvgIpc) is 2.79. The van der Waals surface area contributed by atoms with Gasteiger partial charge in [0.2, 0.25) is 0 Å². The lowest BCUT2D eigenvalue weighted by Gasteiger charge is -2.16. The quantitative estimate of drug-likeness (QED) is 0.199. The van der Waals surface area contributed by atoms with Crippen molar-refractivity contribution in [1.82, 2.24) is 0 Å². The number of rotatable bonds is 10. The van der Waals surface area contributed by atoms with Crippen LogP contribution in [-0.4, -0.2) is 12.6 Å². The highest BCUT2D eigenvalue weighted by Crippen LogP contribution is 2.24. The predicted molar refractivity (Wildman–Crippen MR) is 139 cm³/mol. The lowest BCUT2D eigenvalue weighted by molar-refractivity contribution is -0.105. The highest BCUT2D eigenvalue weighted by Gasteiger charge is 2.09. The van der Waals surface area contributed by atoms with Crippen LogP contribution >= 0.6 is 0 Å². The molecule has 0 spiro atoms. The third-order valence-electron chi connectivity index (χ3n) is 4.48. The topological polar surface area (TPSA) is 43.4 Å². The molecule has 1 rings (SSSR count). The zero-order chi connectivity index (χ0) is 24.6.